The number of benzene rings is 2. The van der Waals surface area contributed by atoms with Crippen LogP contribution in [0.3, 0.4) is 0 Å². The van der Waals surface area contributed by atoms with E-state index in [9.17, 15) is 4.79 Å². The summed E-state index contributed by atoms with van der Waals surface area (Å²) >= 11 is 0. The van der Waals surface area contributed by atoms with Crippen molar-refractivity contribution in [3.63, 3.8) is 0 Å². The summed E-state index contributed by atoms with van der Waals surface area (Å²) in [5.74, 6) is 0. The number of carbonyl (C=O) groups is 1. The smallest absolute Gasteiger partial charge is 0.122 e. The molecule has 0 saturated heterocycles. The van der Waals surface area contributed by atoms with Gasteiger partial charge in [-0.2, -0.15) is 0 Å². The fraction of sp³-hybridized carbons (Fsp3) is 0.235. The van der Waals surface area contributed by atoms with E-state index in [1.165, 1.54) is 16.8 Å². The summed E-state index contributed by atoms with van der Waals surface area (Å²) in [6.45, 7) is 0.871. The molecule has 1 atom stereocenters. The Morgan fingerprint density at radius 1 is 1.05 bits per heavy atom. The van der Waals surface area contributed by atoms with Gasteiger partial charge in [-0.3, -0.25) is 0 Å². The first-order chi connectivity index (χ1) is 9.38. The molecular weight excluding hydrogens is 234 g/mol. The number of fused-ring (bicyclic) bond motifs is 1. The Hall–Kier alpha value is -2.09. The SMILES string of the molecule is O=CCC1Cc2ccccc2N1Cc1ccccc1. The van der Waals surface area contributed by atoms with E-state index in [0.717, 1.165) is 19.3 Å². The van der Waals surface area contributed by atoms with Crippen LogP contribution < -0.4 is 4.90 Å². The van der Waals surface area contributed by atoms with Gasteiger partial charge in [0.1, 0.15) is 6.29 Å². The average molecular weight is 251 g/mol. The molecule has 1 heterocycles. The maximum absolute atomic E-state index is 10.9. The molecule has 1 unspecified atom stereocenters. The molecule has 19 heavy (non-hydrogen) atoms. The van der Waals surface area contributed by atoms with Gasteiger partial charge in [0.15, 0.2) is 0 Å². The first kappa shape index (κ1) is 12.0. The third kappa shape index (κ3) is 2.39. The molecule has 1 aliphatic heterocycles. The third-order valence-corrected chi connectivity index (χ3v) is 3.76. The van der Waals surface area contributed by atoms with Gasteiger partial charge in [0, 0.05) is 24.7 Å². The Morgan fingerprint density at radius 2 is 1.79 bits per heavy atom. The lowest BCUT2D eigenvalue weighted by Gasteiger charge is -2.26. The van der Waals surface area contributed by atoms with Crippen molar-refractivity contribution in [2.45, 2.75) is 25.4 Å². The average Bonchev–Trinajstić information content (AvgIpc) is 2.79. The van der Waals surface area contributed by atoms with E-state index < -0.39 is 0 Å². The molecule has 3 rings (SSSR count). The molecule has 0 fully saturated rings. The molecule has 0 saturated carbocycles. The standard InChI is InChI=1S/C17H17NO/c19-11-10-16-12-15-8-4-5-9-17(15)18(16)13-14-6-2-1-3-7-14/h1-9,11,16H,10,12-13H2. The number of carbonyl (C=O) groups excluding carboxylic acids is 1. The van der Waals surface area contributed by atoms with Crippen LogP contribution in [0.4, 0.5) is 5.69 Å². The Morgan fingerprint density at radius 3 is 2.58 bits per heavy atom. The Balaban J connectivity index is 1.89. The maximum atomic E-state index is 10.9. The highest BCUT2D eigenvalue weighted by Gasteiger charge is 2.28. The zero-order valence-corrected chi connectivity index (χ0v) is 10.8. The van der Waals surface area contributed by atoms with Crippen LogP contribution in [-0.2, 0) is 17.8 Å². The Bertz CT molecular complexity index is 564. The highest BCUT2D eigenvalue weighted by molar-refractivity contribution is 5.63. The lowest BCUT2D eigenvalue weighted by Crippen LogP contribution is -2.31. The van der Waals surface area contributed by atoms with Gasteiger partial charge in [0.05, 0.1) is 0 Å². The molecular formula is C17H17NO. The van der Waals surface area contributed by atoms with Crippen molar-refractivity contribution in [3.05, 3.63) is 65.7 Å². The zero-order valence-electron chi connectivity index (χ0n) is 10.8. The van der Waals surface area contributed by atoms with Crippen molar-refractivity contribution in [2.24, 2.45) is 0 Å². The summed E-state index contributed by atoms with van der Waals surface area (Å²) < 4.78 is 0. The normalized spacial score (nSPS) is 17.3. The van der Waals surface area contributed by atoms with Crippen molar-refractivity contribution in [2.75, 3.05) is 4.90 Å². The molecule has 0 spiro atoms. The topological polar surface area (TPSA) is 20.3 Å². The summed E-state index contributed by atoms with van der Waals surface area (Å²) in [5.41, 5.74) is 3.92. The van der Waals surface area contributed by atoms with E-state index in [1.807, 2.05) is 6.07 Å². The number of hydrogen-bond acceptors (Lipinski definition) is 2. The summed E-state index contributed by atoms with van der Waals surface area (Å²) in [7, 11) is 0. The minimum absolute atomic E-state index is 0.301. The van der Waals surface area contributed by atoms with Gasteiger partial charge in [0.25, 0.3) is 0 Å². The van der Waals surface area contributed by atoms with Crippen molar-refractivity contribution in [1.82, 2.24) is 0 Å². The molecule has 0 N–H and O–H groups in total. The van der Waals surface area contributed by atoms with E-state index in [4.69, 9.17) is 0 Å². The van der Waals surface area contributed by atoms with Crippen LogP contribution >= 0.6 is 0 Å². The van der Waals surface area contributed by atoms with Crippen LogP contribution in [0.15, 0.2) is 54.6 Å². The Kier molecular flexibility index (Phi) is 3.32. The fourth-order valence-electron chi connectivity index (χ4n) is 2.84. The van der Waals surface area contributed by atoms with Gasteiger partial charge < -0.3 is 9.69 Å². The number of aldehydes is 1. The number of hydrogen-bond donors (Lipinski definition) is 0. The fourth-order valence-corrected chi connectivity index (χ4v) is 2.84. The van der Waals surface area contributed by atoms with Crippen LogP contribution in [0.2, 0.25) is 0 Å². The van der Waals surface area contributed by atoms with Gasteiger partial charge in [-0.25, -0.2) is 0 Å². The van der Waals surface area contributed by atoms with E-state index in [2.05, 4.69) is 53.4 Å². The summed E-state index contributed by atoms with van der Waals surface area (Å²) in [6, 6.07) is 19.2. The van der Waals surface area contributed by atoms with Crippen molar-refractivity contribution >= 4 is 12.0 Å². The minimum Gasteiger partial charge on any atom is -0.363 e. The lowest BCUT2D eigenvalue weighted by atomic mass is 10.1. The van der Waals surface area contributed by atoms with Crippen molar-refractivity contribution in [1.29, 1.82) is 0 Å². The van der Waals surface area contributed by atoms with Crippen LogP contribution in [0.5, 0.6) is 0 Å². The second kappa shape index (κ2) is 5.27. The van der Waals surface area contributed by atoms with E-state index in [0.29, 0.717) is 12.5 Å². The predicted octanol–water partition coefficient (Wildman–Crippen LogP) is 3.21. The molecule has 2 aromatic carbocycles. The first-order valence-electron chi connectivity index (χ1n) is 6.70. The molecule has 0 radical (unpaired) electrons. The van der Waals surface area contributed by atoms with Gasteiger partial charge in [-0.05, 0) is 23.6 Å². The summed E-state index contributed by atoms with van der Waals surface area (Å²) in [4.78, 5) is 13.2. The molecule has 2 nitrogen and oxygen atoms in total. The third-order valence-electron chi connectivity index (χ3n) is 3.76. The number of para-hydroxylation sites is 1. The number of anilines is 1. The van der Waals surface area contributed by atoms with Gasteiger partial charge in [-0.15, -0.1) is 0 Å². The monoisotopic (exact) mass is 251 g/mol. The largest absolute Gasteiger partial charge is 0.363 e. The van der Waals surface area contributed by atoms with Crippen molar-refractivity contribution in [3.8, 4) is 0 Å². The maximum Gasteiger partial charge on any atom is 0.122 e. The van der Waals surface area contributed by atoms with Gasteiger partial charge in [-0.1, -0.05) is 48.5 Å². The van der Waals surface area contributed by atoms with E-state index >= 15 is 0 Å². The first-order valence-corrected chi connectivity index (χ1v) is 6.70. The highest BCUT2D eigenvalue weighted by Crippen LogP contribution is 2.34. The molecule has 0 bridgehead atoms. The van der Waals surface area contributed by atoms with Crippen LogP contribution in [0, 0.1) is 0 Å². The highest BCUT2D eigenvalue weighted by atomic mass is 16.1. The van der Waals surface area contributed by atoms with E-state index in [1.54, 1.807) is 0 Å². The second-order valence-electron chi connectivity index (χ2n) is 5.00. The van der Waals surface area contributed by atoms with Gasteiger partial charge in [0.2, 0.25) is 0 Å². The number of nitrogens with zero attached hydrogens (tertiary/aromatic N) is 1. The second-order valence-corrected chi connectivity index (χ2v) is 5.00. The molecule has 2 aromatic rings. The molecule has 0 aromatic heterocycles. The van der Waals surface area contributed by atoms with E-state index in [-0.39, 0.29) is 0 Å². The van der Waals surface area contributed by atoms with Crippen molar-refractivity contribution < 1.29 is 4.79 Å². The zero-order chi connectivity index (χ0) is 13.1. The van der Waals surface area contributed by atoms with Crippen LogP contribution in [-0.4, -0.2) is 12.3 Å². The Labute approximate surface area is 113 Å². The summed E-state index contributed by atoms with van der Waals surface area (Å²) in [6.07, 6.45) is 2.61. The molecule has 1 aliphatic rings. The molecule has 2 heteroatoms. The number of rotatable bonds is 4. The van der Waals surface area contributed by atoms with Crippen LogP contribution in [0.25, 0.3) is 0 Å². The van der Waals surface area contributed by atoms with Crippen LogP contribution in [0.1, 0.15) is 17.5 Å². The molecule has 0 amide bonds. The minimum atomic E-state index is 0.301. The lowest BCUT2D eigenvalue weighted by molar-refractivity contribution is -0.108. The summed E-state index contributed by atoms with van der Waals surface area (Å²) in [5, 5.41) is 0. The molecule has 96 valence electrons. The quantitative estimate of drug-likeness (QED) is 0.778. The van der Waals surface area contributed by atoms with Gasteiger partial charge >= 0.3 is 0 Å². The molecule has 0 aliphatic carbocycles. The predicted molar refractivity (Wildman–Crippen MR) is 77.2 cm³/mol.